The molecule has 0 saturated heterocycles. The number of nitrogens with zero attached hydrogens (tertiary/aromatic N) is 5. The molecule has 4 aromatic rings. The highest BCUT2D eigenvalue weighted by atomic mass is 32.2. The van der Waals surface area contributed by atoms with Gasteiger partial charge in [-0.25, -0.2) is 9.97 Å². The predicted molar refractivity (Wildman–Crippen MR) is 113 cm³/mol. The number of H-pyrrole nitrogens is 1. The zero-order valence-electron chi connectivity index (χ0n) is 16.2. The van der Waals surface area contributed by atoms with Crippen molar-refractivity contribution >= 4 is 27.2 Å². The summed E-state index contributed by atoms with van der Waals surface area (Å²) in [6.07, 6.45) is 3.22. The molecule has 4 N–H and O–H groups in total. The highest BCUT2D eigenvalue weighted by Crippen LogP contribution is 2.33. The molecule has 0 bridgehead atoms. The number of fused-ring (bicyclic) bond motifs is 1. The number of imidazole rings is 1. The summed E-state index contributed by atoms with van der Waals surface area (Å²) >= 11 is 0. The molecule has 5 rings (SSSR count). The molecule has 3 aromatic heterocycles. The average molecular weight is 427 g/mol. The van der Waals surface area contributed by atoms with Gasteiger partial charge >= 0.3 is 0 Å². The zero-order valence-corrected chi connectivity index (χ0v) is 17.0. The number of nitrogen functional groups attached to an aromatic ring is 1. The molecule has 0 aliphatic heterocycles. The van der Waals surface area contributed by atoms with Crippen LogP contribution in [0.4, 0.5) is 5.95 Å². The lowest BCUT2D eigenvalue weighted by atomic mass is 10.1. The predicted octanol–water partition coefficient (Wildman–Crippen LogP) is 2.38. The van der Waals surface area contributed by atoms with E-state index in [0.29, 0.717) is 18.1 Å². The summed E-state index contributed by atoms with van der Waals surface area (Å²) in [6, 6.07) is 13.8. The minimum Gasteiger partial charge on any atom is -0.369 e. The third kappa shape index (κ3) is 4.63. The van der Waals surface area contributed by atoms with Crippen LogP contribution in [-0.2, 0) is 16.7 Å². The Morgan fingerprint density at radius 3 is 2.43 bits per heavy atom. The summed E-state index contributed by atoms with van der Waals surface area (Å²) in [5, 5.41) is 11.3. The second-order valence-electron chi connectivity index (χ2n) is 7.18. The van der Waals surface area contributed by atoms with Gasteiger partial charge in [-0.3, -0.25) is 9.12 Å². The summed E-state index contributed by atoms with van der Waals surface area (Å²) in [5.74, 6) is 1.21. The molecule has 1 aliphatic carbocycles. The smallest absolute Gasteiger partial charge is 0.261 e. The molecule has 1 saturated carbocycles. The average Bonchev–Trinajstić information content (AvgIpc) is 3.28. The second-order valence-corrected chi connectivity index (χ2v) is 8.65. The first-order chi connectivity index (χ1) is 14.3. The molecule has 0 atom stereocenters. The van der Waals surface area contributed by atoms with Gasteiger partial charge in [0.05, 0.1) is 11.9 Å². The fraction of sp³-hybridized carbons (Fsp3) is 0.263. The number of pyridine rings is 1. The van der Waals surface area contributed by atoms with Crippen molar-refractivity contribution in [3.05, 3.63) is 42.5 Å². The number of nitrogens with two attached hydrogens (primary N) is 1. The van der Waals surface area contributed by atoms with Crippen LogP contribution in [0.3, 0.4) is 0 Å². The van der Waals surface area contributed by atoms with E-state index in [2.05, 4.69) is 20.4 Å². The van der Waals surface area contributed by atoms with Crippen molar-refractivity contribution in [2.24, 2.45) is 5.92 Å². The van der Waals surface area contributed by atoms with E-state index in [4.69, 9.17) is 15.3 Å². The largest absolute Gasteiger partial charge is 0.369 e. The van der Waals surface area contributed by atoms with Crippen molar-refractivity contribution in [1.82, 2.24) is 29.9 Å². The van der Waals surface area contributed by atoms with Gasteiger partial charge in [0.2, 0.25) is 5.95 Å². The summed E-state index contributed by atoms with van der Waals surface area (Å²) < 4.78 is 27.9. The minimum atomic E-state index is -3.67. The van der Waals surface area contributed by atoms with Gasteiger partial charge in [-0.1, -0.05) is 30.3 Å². The number of rotatable bonds is 4. The lowest BCUT2D eigenvalue weighted by Gasteiger charge is -2.05. The van der Waals surface area contributed by atoms with Crippen LogP contribution in [0, 0.1) is 5.92 Å². The maximum atomic E-state index is 9.19. The van der Waals surface area contributed by atoms with Crippen LogP contribution in [0.15, 0.2) is 42.5 Å². The van der Waals surface area contributed by atoms with Gasteiger partial charge in [0, 0.05) is 12.1 Å². The van der Waals surface area contributed by atoms with Gasteiger partial charge in [-0.05, 0) is 30.9 Å². The van der Waals surface area contributed by atoms with Gasteiger partial charge in [-0.2, -0.15) is 23.8 Å². The molecule has 1 fully saturated rings. The van der Waals surface area contributed by atoms with E-state index < -0.39 is 10.1 Å². The molecule has 156 valence electrons. The molecule has 0 radical (unpaired) electrons. The Hall–Kier alpha value is -3.31. The van der Waals surface area contributed by atoms with Crippen LogP contribution in [-0.4, -0.2) is 49.2 Å². The molecule has 1 aliphatic rings. The quantitative estimate of drug-likeness (QED) is 0.420. The van der Waals surface area contributed by atoms with Gasteiger partial charge in [0.15, 0.2) is 5.65 Å². The Kier molecular flexibility index (Phi) is 5.22. The third-order valence-electron chi connectivity index (χ3n) is 4.60. The van der Waals surface area contributed by atoms with Gasteiger partial charge in [0.1, 0.15) is 16.9 Å². The Balaban J connectivity index is 0.000000393. The van der Waals surface area contributed by atoms with Gasteiger partial charge < -0.3 is 5.73 Å². The Bertz CT molecular complexity index is 1270. The monoisotopic (exact) mass is 427 g/mol. The van der Waals surface area contributed by atoms with E-state index in [9.17, 15) is 8.42 Å². The second kappa shape index (κ2) is 7.84. The lowest BCUT2D eigenvalue weighted by Crippen LogP contribution is -2.05. The van der Waals surface area contributed by atoms with E-state index in [1.165, 1.54) is 12.8 Å². The van der Waals surface area contributed by atoms with E-state index in [1.54, 1.807) is 0 Å². The molecule has 0 amide bonds. The highest BCUT2D eigenvalue weighted by Gasteiger charge is 2.24. The van der Waals surface area contributed by atoms with E-state index in [-0.39, 0.29) is 0 Å². The first kappa shape index (κ1) is 20.0. The van der Waals surface area contributed by atoms with E-state index >= 15 is 0 Å². The molecular formula is C19H21N7O3S. The number of benzene rings is 1. The Labute approximate surface area is 172 Å². The maximum Gasteiger partial charge on any atom is 0.261 e. The number of anilines is 1. The SMILES string of the molecule is CS(=O)(=O)O.Nc1nc2ccc(-c3n[nH]nc3-c3ccccc3)nc2n1CC1CC1. The van der Waals surface area contributed by atoms with Crippen molar-refractivity contribution in [2.45, 2.75) is 19.4 Å². The minimum absolute atomic E-state index is 0.523. The van der Waals surface area contributed by atoms with Crippen molar-refractivity contribution in [1.29, 1.82) is 0 Å². The van der Waals surface area contributed by atoms with Crippen molar-refractivity contribution in [3.8, 4) is 22.6 Å². The molecule has 10 nitrogen and oxygen atoms in total. The standard InChI is InChI=1S/C18H17N7.CH4O3S/c19-18-21-14-9-8-13(20-17(14)25(18)10-11-6-7-11)16-15(22-24-23-16)12-4-2-1-3-5-12;1-5(2,3)4/h1-5,8-9,11H,6-7,10H2,(H2,19,21)(H,22,23,24);1H3,(H,2,3,4). The zero-order chi connectivity index (χ0) is 21.3. The fourth-order valence-corrected chi connectivity index (χ4v) is 3.10. The summed E-state index contributed by atoms with van der Waals surface area (Å²) in [7, 11) is -3.67. The first-order valence-corrected chi connectivity index (χ1v) is 11.2. The number of hydrogen-bond donors (Lipinski definition) is 3. The number of aromatic nitrogens is 6. The van der Waals surface area contributed by atoms with Crippen LogP contribution in [0.1, 0.15) is 12.8 Å². The summed E-state index contributed by atoms with van der Waals surface area (Å²) in [4.78, 5) is 9.23. The van der Waals surface area contributed by atoms with Crippen LogP contribution < -0.4 is 5.73 Å². The molecule has 30 heavy (non-hydrogen) atoms. The van der Waals surface area contributed by atoms with Crippen molar-refractivity contribution in [3.63, 3.8) is 0 Å². The lowest BCUT2D eigenvalue weighted by molar-refractivity contribution is 0.490. The van der Waals surface area contributed by atoms with Crippen molar-refractivity contribution < 1.29 is 13.0 Å². The molecular weight excluding hydrogens is 406 g/mol. The molecule has 1 aromatic carbocycles. The number of aromatic amines is 1. The van der Waals surface area contributed by atoms with Crippen LogP contribution in [0.2, 0.25) is 0 Å². The first-order valence-electron chi connectivity index (χ1n) is 9.31. The fourth-order valence-electron chi connectivity index (χ4n) is 3.10. The Morgan fingerprint density at radius 1 is 1.10 bits per heavy atom. The van der Waals surface area contributed by atoms with Gasteiger partial charge in [0.25, 0.3) is 10.1 Å². The molecule has 11 heteroatoms. The van der Waals surface area contributed by atoms with E-state index in [1.807, 2.05) is 47.0 Å². The molecule has 3 heterocycles. The van der Waals surface area contributed by atoms with Gasteiger partial charge in [-0.15, -0.1) is 0 Å². The number of nitrogens with one attached hydrogen (secondary N) is 1. The van der Waals surface area contributed by atoms with Crippen LogP contribution in [0.5, 0.6) is 0 Å². The normalized spacial score (nSPS) is 13.8. The highest BCUT2D eigenvalue weighted by molar-refractivity contribution is 7.85. The maximum absolute atomic E-state index is 9.19. The topological polar surface area (TPSA) is 153 Å². The van der Waals surface area contributed by atoms with Crippen LogP contribution in [0.25, 0.3) is 33.8 Å². The van der Waals surface area contributed by atoms with E-state index in [0.717, 1.165) is 40.4 Å². The Morgan fingerprint density at radius 2 is 1.77 bits per heavy atom. The molecule has 0 spiro atoms. The third-order valence-corrected chi connectivity index (χ3v) is 4.60. The van der Waals surface area contributed by atoms with Crippen molar-refractivity contribution in [2.75, 3.05) is 12.0 Å². The molecule has 0 unspecified atom stereocenters. The summed E-state index contributed by atoms with van der Waals surface area (Å²) in [5.41, 5.74) is 11.0. The van der Waals surface area contributed by atoms with Crippen LogP contribution >= 0.6 is 0 Å². The number of hydrogen-bond acceptors (Lipinski definition) is 7. The summed E-state index contributed by atoms with van der Waals surface area (Å²) in [6.45, 7) is 0.878.